The first-order chi connectivity index (χ1) is 8.79. The van der Waals surface area contributed by atoms with Gasteiger partial charge in [-0.1, -0.05) is 25.8 Å². The highest BCUT2D eigenvalue weighted by Gasteiger charge is 2.13. The van der Waals surface area contributed by atoms with Crippen LogP contribution in [0, 0.1) is 6.92 Å². The van der Waals surface area contributed by atoms with Crippen LogP contribution in [0.5, 0.6) is 0 Å². The summed E-state index contributed by atoms with van der Waals surface area (Å²) in [6, 6.07) is 0.555. The van der Waals surface area contributed by atoms with Gasteiger partial charge in [-0.2, -0.15) is 11.3 Å². The van der Waals surface area contributed by atoms with Gasteiger partial charge < -0.3 is 5.32 Å². The molecule has 0 fully saturated rings. The number of hydrogen-bond acceptors (Lipinski definition) is 2. The Morgan fingerprint density at radius 3 is 2.78 bits per heavy atom. The first kappa shape index (κ1) is 15.5. The van der Waals surface area contributed by atoms with E-state index in [0.29, 0.717) is 6.04 Å². The minimum Gasteiger partial charge on any atom is -0.310 e. The highest BCUT2D eigenvalue weighted by atomic mass is 32.1. The van der Waals surface area contributed by atoms with Gasteiger partial charge in [0.15, 0.2) is 0 Å². The second kappa shape index (κ2) is 9.35. The predicted molar refractivity (Wildman–Crippen MR) is 83.4 cm³/mol. The Morgan fingerprint density at radius 2 is 2.17 bits per heavy atom. The molecule has 0 aromatic carbocycles. The van der Waals surface area contributed by atoms with Crippen LogP contribution in [0.25, 0.3) is 0 Å². The molecule has 0 amide bonds. The van der Waals surface area contributed by atoms with Gasteiger partial charge in [0.05, 0.1) is 0 Å². The molecule has 0 saturated carbocycles. The van der Waals surface area contributed by atoms with Crippen LogP contribution in [-0.2, 0) is 0 Å². The van der Waals surface area contributed by atoms with E-state index in [2.05, 4.69) is 36.5 Å². The maximum atomic E-state index is 3.78. The van der Waals surface area contributed by atoms with Crippen molar-refractivity contribution in [3.63, 3.8) is 0 Å². The lowest BCUT2D eigenvalue weighted by atomic mass is 9.99. The zero-order valence-electron chi connectivity index (χ0n) is 11.9. The number of nitrogens with one attached hydrogen (secondary N) is 1. The molecule has 1 rings (SSSR count). The highest BCUT2D eigenvalue weighted by Crippen LogP contribution is 2.26. The third-order valence-corrected chi connectivity index (χ3v) is 4.19. The average molecular weight is 265 g/mol. The van der Waals surface area contributed by atoms with E-state index in [1.54, 1.807) is 0 Å². The number of aryl methyl sites for hydroxylation is 1. The Labute approximate surface area is 116 Å². The molecule has 1 heterocycles. The number of allylic oxidation sites excluding steroid dienone is 1. The smallest absolute Gasteiger partial charge is 0.0331 e. The highest BCUT2D eigenvalue weighted by molar-refractivity contribution is 7.08. The molecule has 0 aliphatic carbocycles. The van der Waals surface area contributed by atoms with Crippen LogP contribution in [-0.4, -0.2) is 6.54 Å². The first-order valence-electron chi connectivity index (χ1n) is 7.16. The number of thiophene rings is 1. The van der Waals surface area contributed by atoms with Crippen molar-refractivity contribution in [1.29, 1.82) is 0 Å². The fourth-order valence-corrected chi connectivity index (χ4v) is 3.13. The summed E-state index contributed by atoms with van der Waals surface area (Å²) in [6.07, 6.45) is 9.56. The average Bonchev–Trinajstić information content (AvgIpc) is 2.79. The van der Waals surface area contributed by atoms with E-state index in [-0.39, 0.29) is 0 Å². The van der Waals surface area contributed by atoms with Crippen molar-refractivity contribution in [2.45, 2.75) is 58.4 Å². The van der Waals surface area contributed by atoms with E-state index in [0.717, 1.165) is 13.0 Å². The van der Waals surface area contributed by atoms with Crippen molar-refractivity contribution in [3.05, 3.63) is 34.5 Å². The first-order valence-corrected chi connectivity index (χ1v) is 8.10. The van der Waals surface area contributed by atoms with Crippen molar-refractivity contribution in [1.82, 2.24) is 5.32 Å². The fraction of sp³-hybridized carbons (Fsp3) is 0.625. The fourth-order valence-electron chi connectivity index (χ4n) is 2.23. The molecule has 1 aromatic rings. The van der Waals surface area contributed by atoms with E-state index >= 15 is 0 Å². The Balaban J connectivity index is 2.41. The maximum Gasteiger partial charge on any atom is 0.0331 e. The van der Waals surface area contributed by atoms with E-state index in [1.165, 1.54) is 43.2 Å². The Morgan fingerprint density at radius 1 is 1.33 bits per heavy atom. The summed E-state index contributed by atoms with van der Waals surface area (Å²) in [5.74, 6) is 0. The Hall–Kier alpha value is -0.600. The van der Waals surface area contributed by atoms with Crippen molar-refractivity contribution in [2.75, 3.05) is 6.54 Å². The van der Waals surface area contributed by atoms with Gasteiger partial charge in [-0.25, -0.2) is 0 Å². The Kier molecular flexibility index (Phi) is 8.03. The molecular weight excluding hydrogens is 238 g/mol. The van der Waals surface area contributed by atoms with Gasteiger partial charge in [0.25, 0.3) is 0 Å². The van der Waals surface area contributed by atoms with Gasteiger partial charge in [0, 0.05) is 6.04 Å². The molecule has 1 unspecified atom stereocenters. The monoisotopic (exact) mass is 265 g/mol. The minimum absolute atomic E-state index is 0.555. The molecule has 0 aliphatic heterocycles. The van der Waals surface area contributed by atoms with E-state index in [9.17, 15) is 0 Å². The van der Waals surface area contributed by atoms with Crippen LogP contribution in [0.15, 0.2) is 23.4 Å². The summed E-state index contributed by atoms with van der Waals surface area (Å²) in [6.45, 7) is 9.35. The van der Waals surface area contributed by atoms with Crippen molar-refractivity contribution in [2.24, 2.45) is 0 Å². The number of hydrogen-bond donors (Lipinski definition) is 1. The van der Waals surface area contributed by atoms with Gasteiger partial charge in [-0.3, -0.25) is 0 Å². The summed E-state index contributed by atoms with van der Waals surface area (Å²) in [7, 11) is 0. The standard InChI is InChI=1S/C16H27NS/c1-4-6-7-8-9-10-16(17-11-5-2)15-13-18-12-14(15)3/h4,12-13,16-17H,1,5-11H2,2-3H3. The molecule has 1 atom stereocenters. The summed E-state index contributed by atoms with van der Waals surface area (Å²) < 4.78 is 0. The van der Waals surface area contributed by atoms with Crippen LogP contribution in [0.3, 0.4) is 0 Å². The van der Waals surface area contributed by atoms with Gasteiger partial charge in [0.1, 0.15) is 0 Å². The van der Waals surface area contributed by atoms with Crippen LogP contribution in [0.4, 0.5) is 0 Å². The molecule has 102 valence electrons. The zero-order valence-corrected chi connectivity index (χ0v) is 12.7. The molecule has 1 N–H and O–H groups in total. The maximum absolute atomic E-state index is 3.78. The Bertz CT molecular complexity index is 330. The summed E-state index contributed by atoms with van der Waals surface area (Å²) in [4.78, 5) is 0. The second-order valence-corrected chi connectivity index (χ2v) is 5.69. The molecule has 1 nitrogen and oxygen atoms in total. The summed E-state index contributed by atoms with van der Waals surface area (Å²) >= 11 is 1.82. The van der Waals surface area contributed by atoms with Gasteiger partial charge in [-0.15, -0.1) is 6.58 Å². The molecule has 0 spiro atoms. The van der Waals surface area contributed by atoms with Gasteiger partial charge in [-0.05, 0) is 61.0 Å². The van der Waals surface area contributed by atoms with Crippen molar-refractivity contribution >= 4 is 11.3 Å². The predicted octanol–water partition coefficient (Wildman–Crippen LogP) is 5.23. The van der Waals surface area contributed by atoms with Crippen LogP contribution in [0.2, 0.25) is 0 Å². The summed E-state index contributed by atoms with van der Waals surface area (Å²) in [5.41, 5.74) is 2.96. The van der Waals surface area contributed by atoms with Crippen LogP contribution in [0.1, 0.15) is 62.6 Å². The lowest BCUT2D eigenvalue weighted by Crippen LogP contribution is -2.22. The molecular formula is C16H27NS. The lowest BCUT2D eigenvalue weighted by Gasteiger charge is -2.18. The van der Waals surface area contributed by atoms with E-state index in [1.807, 2.05) is 17.4 Å². The molecule has 0 saturated heterocycles. The van der Waals surface area contributed by atoms with Crippen LogP contribution >= 0.6 is 11.3 Å². The SMILES string of the molecule is C=CCCCCCC(NCCC)c1cscc1C. The number of rotatable bonds is 10. The van der Waals surface area contributed by atoms with E-state index in [4.69, 9.17) is 0 Å². The molecule has 0 aliphatic rings. The molecule has 1 aromatic heterocycles. The van der Waals surface area contributed by atoms with Crippen molar-refractivity contribution in [3.8, 4) is 0 Å². The van der Waals surface area contributed by atoms with Gasteiger partial charge >= 0.3 is 0 Å². The quantitative estimate of drug-likeness (QED) is 0.451. The molecule has 0 radical (unpaired) electrons. The minimum atomic E-state index is 0.555. The third-order valence-electron chi connectivity index (χ3n) is 3.31. The normalized spacial score (nSPS) is 12.6. The molecule has 18 heavy (non-hydrogen) atoms. The molecule has 2 heteroatoms. The third kappa shape index (κ3) is 5.36. The topological polar surface area (TPSA) is 12.0 Å². The van der Waals surface area contributed by atoms with Gasteiger partial charge in [0.2, 0.25) is 0 Å². The lowest BCUT2D eigenvalue weighted by molar-refractivity contribution is 0.471. The van der Waals surface area contributed by atoms with E-state index < -0.39 is 0 Å². The summed E-state index contributed by atoms with van der Waals surface area (Å²) in [5, 5.41) is 8.26. The van der Waals surface area contributed by atoms with Crippen molar-refractivity contribution < 1.29 is 0 Å². The zero-order chi connectivity index (χ0) is 13.2. The largest absolute Gasteiger partial charge is 0.310 e. The molecule has 0 bridgehead atoms. The number of unbranched alkanes of at least 4 members (excludes halogenated alkanes) is 3. The second-order valence-electron chi connectivity index (χ2n) is 4.94. The van der Waals surface area contributed by atoms with Crippen LogP contribution < -0.4 is 5.32 Å².